The molecule has 0 unspecified atom stereocenters. The van der Waals surface area contributed by atoms with Crippen LogP contribution in [0.5, 0.6) is 17.2 Å². The number of thiazole rings is 1. The molecule has 0 saturated heterocycles. The number of methoxy groups -OCH3 is 2. The summed E-state index contributed by atoms with van der Waals surface area (Å²) < 4.78 is 19.8. The molecule has 4 aromatic carbocycles. The van der Waals surface area contributed by atoms with Crippen LogP contribution in [-0.2, 0) is 11.4 Å². The van der Waals surface area contributed by atoms with Crippen molar-refractivity contribution >= 4 is 34.1 Å². The Morgan fingerprint density at radius 1 is 0.936 bits per heavy atom. The Balaban J connectivity index is 1.58. The number of hydrogen-bond acceptors (Lipinski definition) is 7. The van der Waals surface area contributed by atoms with Gasteiger partial charge in [0.15, 0.2) is 4.80 Å². The smallest absolute Gasteiger partial charge is 0.271 e. The molecule has 1 aliphatic rings. The number of nitrogens with zero attached hydrogens (tertiary/aromatic N) is 3. The van der Waals surface area contributed by atoms with Gasteiger partial charge < -0.3 is 19.1 Å². The fourth-order valence-corrected chi connectivity index (χ4v) is 7.07. The van der Waals surface area contributed by atoms with Gasteiger partial charge in [0.05, 0.1) is 30.0 Å². The van der Waals surface area contributed by atoms with Crippen molar-refractivity contribution in [3.8, 4) is 17.2 Å². The summed E-state index contributed by atoms with van der Waals surface area (Å²) >= 11 is 1.29. The second-order valence-corrected chi connectivity index (χ2v) is 12.1. The summed E-state index contributed by atoms with van der Waals surface area (Å²) in [5, 5.41) is 1.99. The summed E-state index contributed by atoms with van der Waals surface area (Å²) in [6, 6.07) is 26.6. The second kappa shape index (κ2) is 13.7. The third-order valence-corrected chi connectivity index (χ3v) is 9.46. The van der Waals surface area contributed by atoms with E-state index in [9.17, 15) is 9.59 Å². The Bertz CT molecular complexity index is 2160. The molecule has 2 heterocycles. The normalized spacial score (nSPS) is 14.5. The maximum absolute atomic E-state index is 14.6. The average Bonchev–Trinajstić information content (AvgIpc) is 3.41. The second-order valence-electron chi connectivity index (χ2n) is 11.1. The minimum Gasteiger partial charge on any atom is -0.497 e. The fourth-order valence-electron chi connectivity index (χ4n) is 6.04. The molecule has 0 saturated carbocycles. The Morgan fingerprint density at radius 3 is 2.38 bits per heavy atom. The van der Waals surface area contributed by atoms with E-state index < -0.39 is 6.04 Å². The van der Waals surface area contributed by atoms with Gasteiger partial charge in [0.1, 0.15) is 29.9 Å². The molecule has 0 bridgehead atoms. The molecule has 0 fully saturated rings. The molecule has 1 aromatic heterocycles. The van der Waals surface area contributed by atoms with E-state index in [0.717, 1.165) is 21.9 Å². The van der Waals surface area contributed by atoms with Crippen molar-refractivity contribution in [3.63, 3.8) is 0 Å². The number of rotatable bonds is 10. The zero-order valence-corrected chi connectivity index (χ0v) is 28.0. The molecule has 1 atom stereocenters. The van der Waals surface area contributed by atoms with Crippen LogP contribution >= 0.6 is 11.3 Å². The molecule has 0 spiro atoms. The molecule has 0 aliphatic carbocycles. The van der Waals surface area contributed by atoms with Gasteiger partial charge in [-0.2, -0.15) is 0 Å². The molecule has 47 heavy (non-hydrogen) atoms. The van der Waals surface area contributed by atoms with E-state index in [0.29, 0.717) is 63.1 Å². The van der Waals surface area contributed by atoms with Gasteiger partial charge in [0, 0.05) is 24.2 Å². The highest BCUT2D eigenvalue weighted by atomic mass is 32.1. The maximum Gasteiger partial charge on any atom is 0.271 e. The number of amides is 1. The summed E-state index contributed by atoms with van der Waals surface area (Å²) in [6.45, 7) is 7.13. The summed E-state index contributed by atoms with van der Waals surface area (Å²) in [6.07, 6.45) is 1.89. The van der Waals surface area contributed by atoms with E-state index in [1.54, 1.807) is 35.8 Å². The van der Waals surface area contributed by atoms with E-state index in [1.165, 1.54) is 11.3 Å². The van der Waals surface area contributed by atoms with Crippen LogP contribution in [0.25, 0.3) is 16.8 Å². The van der Waals surface area contributed by atoms with Gasteiger partial charge in [-0.1, -0.05) is 72.0 Å². The van der Waals surface area contributed by atoms with Crippen molar-refractivity contribution < 1.29 is 19.0 Å². The summed E-state index contributed by atoms with van der Waals surface area (Å²) in [5.74, 6) is 1.61. The van der Waals surface area contributed by atoms with E-state index >= 15 is 0 Å². The largest absolute Gasteiger partial charge is 0.497 e. The molecule has 0 radical (unpaired) electrons. The first-order chi connectivity index (χ1) is 22.9. The quantitative estimate of drug-likeness (QED) is 0.190. The van der Waals surface area contributed by atoms with Crippen LogP contribution in [0.2, 0.25) is 0 Å². The highest BCUT2D eigenvalue weighted by Gasteiger charge is 2.36. The van der Waals surface area contributed by atoms with Crippen molar-refractivity contribution in [2.75, 3.05) is 27.3 Å². The number of carbonyl (C=O) groups excluding carboxylic acids is 1. The van der Waals surface area contributed by atoms with Gasteiger partial charge in [-0.05, 0) is 67.4 Å². The Hall–Kier alpha value is -5.15. The van der Waals surface area contributed by atoms with Crippen LogP contribution < -0.4 is 29.1 Å². The Morgan fingerprint density at radius 2 is 1.66 bits per heavy atom. The first-order valence-electron chi connectivity index (χ1n) is 15.6. The van der Waals surface area contributed by atoms with E-state index in [2.05, 4.69) is 0 Å². The lowest BCUT2D eigenvalue weighted by Crippen LogP contribution is -2.43. The molecule has 240 valence electrons. The number of carbonyl (C=O) groups is 1. The number of ether oxygens (including phenoxy) is 3. The molecule has 1 amide bonds. The van der Waals surface area contributed by atoms with Crippen molar-refractivity contribution in [2.45, 2.75) is 33.4 Å². The van der Waals surface area contributed by atoms with Crippen molar-refractivity contribution in [2.24, 2.45) is 4.99 Å². The predicted molar refractivity (Wildman–Crippen MR) is 186 cm³/mol. The lowest BCUT2D eigenvalue weighted by atomic mass is 9.93. The summed E-state index contributed by atoms with van der Waals surface area (Å²) in [7, 11) is 3.16. The average molecular weight is 648 g/mol. The zero-order chi connectivity index (χ0) is 33.1. The highest BCUT2D eigenvalue weighted by Crippen LogP contribution is 2.38. The minimum atomic E-state index is -0.784. The first-order valence-corrected chi connectivity index (χ1v) is 16.4. The SMILES string of the molecule is CCN(CC)C(=O)C1=C(C)N=c2s/c(=C/c3c(OCc4ccccc4)ccc4ccccc34)c(=O)n2[C@H]1c1cc(OC)ccc1OC. The van der Waals surface area contributed by atoms with Crippen LogP contribution in [0.3, 0.4) is 0 Å². The zero-order valence-electron chi connectivity index (χ0n) is 27.2. The lowest BCUT2D eigenvalue weighted by Gasteiger charge is -2.30. The Kier molecular flexibility index (Phi) is 9.26. The Labute approximate surface area is 277 Å². The van der Waals surface area contributed by atoms with Gasteiger partial charge in [0.25, 0.3) is 11.5 Å². The number of benzene rings is 4. The van der Waals surface area contributed by atoms with Crippen LogP contribution in [-0.4, -0.2) is 42.7 Å². The summed E-state index contributed by atoms with van der Waals surface area (Å²) in [5.41, 5.74) is 3.20. The van der Waals surface area contributed by atoms with Crippen LogP contribution in [0.4, 0.5) is 0 Å². The molecule has 5 aromatic rings. The van der Waals surface area contributed by atoms with E-state index in [4.69, 9.17) is 19.2 Å². The molecule has 8 nitrogen and oxygen atoms in total. The first kappa shape index (κ1) is 31.8. The molecule has 0 N–H and O–H groups in total. The van der Waals surface area contributed by atoms with Crippen LogP contribution in [0.15, 0.2) is 106 Å². The third-order valence-electron chi connectivity index (χ3n) is 8.48. The minimum absolute atomic E-state index is 0.175. The number of likely N-dealkylation sites (N-methyl/N-ethyl adjacent to an activating group) is 1. The van der Waals surface area contributed by atoms with Gasteiger partial charge >= 0.3 is 0 Å². The number of hydrogen-bond donors (Lipinski definition) is 0. The van der Waals surface area contributed by atoms with Gasteiger partial charge in [-0.3, -0.25) is 14.2 Å². The van der Waals surface area contributed by atoms with Gasteiger partial charge in [-0.25, -0.2) is 4.99 Å². The summed E-state index contributed by atoms with van der Waals surface area (Å²) in [4.78, 5) is 35.8. The van der Waals surface area contributed by atoms with Crippen molar-refractivity contribution in [1.29, 1.82) is 0 Å². The van der Waals surface area contributed by atoms with E-state index in [-0.39, 0.29) is 11.5 Å². The monoisotopic (exact) mass is 647 g/mol. The topological polar surface area (TPSA) is 82.4 Å². The van der Waals surface area contributed by atoms with Gasteiger partial charge in [0.2, 0.25) is 0 Å². The van der Waals surface area contributed by atoms with E-state index in [1.807, 2.05) is 99.6 Å². The third kappa shape index (κ3) is 6.06. The predicted octanol–water partition coefficient (Wildman–Crippen LogP) is 5.85. The van der Waals surface area contributed by atoms with Gasteiger partial charge in [-0.15, -0.1) is 0 Å². The van der Waals surface area contributed by atoms with Crippen LogP contribution in [0.1, 0.15) is 43.5 Å². The van der Waals surface area contributed by atoms with Crippen molar-refractivity contribution in [3.05, 3.63) is 133 Å². The number of fused-ring (bicyclic) bond motifs is 2. The number of aromatic nitrogens is 1. The molecular weight excluding hydrogens is 611 g/mol. The highest BCUT2D eigenvalue weighted by molar-refractivity contribution is 7.07. The standard InChI is InChI=1S/C38H37N3O5S/c1-6-40(7-2)37(43)34-24(3)39-38-41(35(34)30-21-27(44-4)18-20-31(30)45-5)36(42)33(47-38)22-29-28-16-12-11-15-26(28)17-19-32(29)46-23-25-13-9-8-10-14-25/h8-22,35H,6-7,23H2,1-5H3/b33-22+/t35-/m0/s1. The van der Waals surface area contributed by atoms with Crippen molar-refractivity contribution in [1.82, 2.24) is 9.47 Å². The maximum atomic E-state index is 14.6. The molecular formula is C38H37N3O5S. The fraction of sp³-hybridized carbons (Fsp3) is 0.237. The number of allylic oxidation sites excluding steroid dienone is 1. The molecule has 6 rings (SSSR count). The lowest BCUT2D eigenvalue weighted by molar-refractivity contribution is -0.127. The molecule has 9 heteroatoms. The molecule has 1 aliphatic heterocycles. The van der Waals surface area contributed by atoms with Crippen LogP contribution in [0, 0.1) is 0 Å².